The average Bonchev–Trinajstić information content (AvgIpc) is 2.24. The molecular formula is C14H23B. The third-order valence-corrected chi connectivity index (χ3v) is 2.84. The van der Waals surface area contributed by atoms with Crippen LogP contribution >= 0.6 is 0 Å². The summed E-state index contributed by atoms with van der Waals surface area (Å²) in [6, 6.07) is 10.8. The van der Waals surface area contributed by atoms with Crippen LogP contribution in [-0.4, -0.2) is 6.71 Å². The van der Waals surface area contributed by atoms with E-state index in [0.29, 0.717) is 0 Å². The highest BCUT2D eigenvalue weighted by Gasteiger charge is 1.97. The van der Waals surface area contributed by atoms with Gasteiger partial charge in [-0.1, -0.05) is 69.6 Å². The van der Waals surface area contributed by atoms with Gasteiger partial charge in [-0.25, -0.2) is 0 Å². The summed E-state index contributed by atoms with van der Waals surface area (Å²) in [5.74, 6) is 0. The van der Waals surface area contributed by atoms with Gasteiger partial charge in [-0.05, 0) is 18.4 Å². The van der Waals surface area contributed by atoms with E-state index in [4.69, 9.17) is 0 Å². The standard InChI is InChI=1S/C14H23B/c1-15(2)13-9-4-3-6-10-14-11-7-5-8-12-14/h5,7-8,11-12H,3-4,6,9-10,13H2,1-2H3. The molecule has 0 bridgehead atoms. The van der Waals surface area contributed by atoms with Crippen molar-refractivity contribution in [3.63, 3.8) is 0 Å². The van der Waals surface area contributed by atoms with Crippen molar-refractivity contribution in [3.8, 4) is 0 Å². The Labute approximate surface area is 95.2 Å². The van der Waals surface area contributed by atoms with Crippen molar-refractivity contribution in [2.75, 3.05) is 0 Å². The van der Waals surface area contributed by atoms with E-state index in [2.05, 4.69) is 44.0 Å². The number of hydrogen-bond acceptors (Lipinski definition) is 0. The van der Waals surface area contributed by atoms with Crippen molar-refractivity contribution in [1.29, 1.82) is 0 Å². The lowest BCUT2D eigenvalue weighted by Crippen LogP contribution is -1.97. The molecule has 1 heteroatoms. The number of hydrogen-bond donors (Lipinski definition) is 0. The molecule has 0 atom stereocenters. The summed E-state index contributed by atoms with van der Waals surface area (Å²) < 4.78 is 0. The molecular weight excluding hydrogens is 179 g/mol. The molecule has 0 N–H and O–H groups in total. The molecule has 0 saturated carbocycles. The highest BCUT2D eigenvalue weighted by atomic mass is 14.0. The molecule has 0 aliphatic rings. The van der Waals surface area contributed by atoms with E-state index in [1.165, 1.54) is 44.0 Å². The number of rotatable bonds is 7. The van der Waals surface area contributed by atoms with Gasteiger partial charge >= 0.3 is 0 Å². The molecule has 0 aliphatic heterocycles. The molecule has 15 heavy (non-hydrogen) atoms. The molecule has 0 aromatic heterocycles. The van der Waals surface area contributed by atoms with Crippen molar-refractivity contribution in [2.45, 2.75) is 52.1 Å². The van der Waals surface area contributed by atoms with Crippen molar-refractivity contribution >= 4 is 6.71 Å². The molecule has 0 heterocycles. The summed E-state index contributed by atoms with van der Waals surface area (Å²) in [5.41, 5.74) is 1.49. The van der Waals surface area contributed by atoms with E-state index in [9.17, 15) is 0 Å². The molecule has 0 spiro atoms. The summed E-state index contributed by atoms with van der Waals surface area (Å²) in [6.45, 7) is 5.49. The molecule has 0 unspecified atom stereocenters. The second-order valence-corrected chi connectivity index (χ2v) is 4.83. The Morgan fingerprint density at radius 1 is 0.867 bits per heavy atom. The first-order valence-corrected chi connectivity index (χ1v) is 6.33. The van der Waals surface area contributed by atoms with Crippen LogP contribution < -0.4 is 0 Å². The Morgan fingerprint density at radius 3 is 2.20 bits per heavy atom. The van der Waals surface area contributed by atoms with Crippen LogP contribution in [0.15, 0.2) is 30.3 Å². The molecule has 1 aromatic rings. The van der Waals surface area contributed by atoms with Gasteiger partial charge < -0.3 is 0 Å². The minimum atomic E-state index is 0.874. The topological polar surface area (TPSA) is 0 Å². The maximum Gasteiger partial charge on any atom is 0.133 e. The second kappa shape index (κ2) is 7.56. The summed E-state index contributed by atoms with van der Waals surface area (Å²) in [4.78, 5) is 0. The van der Waals surface area contributed by atoms with Crippen LogP contribution in [0.25, 0.3) is 0 Å². The van der Waals surface area contributed by atoms with Gasteiger partial charge in [-0.3, -0.25) is 0 Å². The Morgan fingerprint density at radius 2 is 1.53 bits per heavy atom. The SMILES string of the molecule is CB(C)CCCCCCc1ccccc1. The highest BCUT2D eigenvalue weighted by molar-refractivity contribution is 6.55. The Hall–Kier alpha value is -0.715. The van der Waals surface area contributed by atoms with Gasteiger partial charge in [0.15, 0.2) is 0 Å². The lowest BCUT2D eigenvalue weighted by Gasteiger charge is -2.03. The Bertz CT molecular complexity index is 241. The normalized spacial score (nSPS) is 10.3. The lowest BCUT2D eigenvalue weighted by molar-refractivity contribution is 0.664. The predicted molar refractivity (Wildman–Crippen MR) is 70.9 cm³/mol. The van der Waals surface area contributed by atoms with E-state index < -0.39 is 0 Å². The molecule has 0 nitrogen and oxygen atoms in total. The van der Waals surface area contributed by atoms with E-state index in [1.54, 1.807) is 0 Å². The largest absolute Gasteiger partial charge is 0.133 e. The maximum atomic E-state index is 2.31. The third-order valence-electron chi connectivity index (χ3n) is 2.84. The first-order valence-electron chi connectivity index (χ1n) is 6.33. The van der Waals surface area contributed by atoms with E-state index in [0.717, 1.165) is 6.71 Å². The van der Waals surface area contributed by atoms with Crippen LogP contribution in [0.4, 0.5) is 0 Å². The maximum absolute atomic E-state index is 2.31. The number of aryl methyl sites for hydroxylation is 1. The van der Waals surface area contributed by atoms with Gasteiger partial charge in [-0.15, -0.1) is 0 Å². The fourth-order valence-electron chi connectivity index (χ4n) is 1.88. The van der Waals surface area contributed by atoms with E-state index in [-0.39, 0.29) is 0 Å². The summed E-state index contributed by atoms with van der Waals surface area (Å²) >= 11 is 0. The molecule has 0 amide bonds. The van der Waals surface area contributed by atoms with Crippen molar-refractivity contribution in [1.82, 2.24) is 0 Å². The molecule has 0 saturated heterocycles. The third kappa shape index (κ3) is 6.38. The Kier molecular flexibility index (Phi) is 6.23. The van der Waals surface area contributed by atoms with Crippen LogP contribution in [0, 0.1) is 0 Å². The minimum Gasteiger partial charge on any atom is -0.0863 e. The van der Waals surface area contributed by atoms with Crippen molar-refractivity contribution in [3.05, 3.63) is 35.9 Å². The van der Waals surface area contributed by atoms with Crippen molar-refractivity contribution in [2.24, 2.45) is 0 Å². The van der Waals surface area contributed by atoms with E-state index in [1.807, 2.05) is 0 Å². The fraction of sp³-hybridized carbons (Fsp3) is 0.571. The molecule has 1 rings (SSSR count). The molecule has 0 aliphatic carbocycles. The first kappa shape index (κ1) is 12.4. The van der Waals surface area contributed by atoms with Crippen molar-refractivity contribution < 1.29 is 0 Å². The first-order chi connectivity index (χ1) is 7.29. The van der Waals surface area contributed by atoms with Gasteiger partial charge in [0.1, 0.15) is 6.71 Å². The quantitative estimate of drug-likeness (QED) is 0.449. The zero-order valence-electron chi connectivity index (χ0n) is 10.2. The molecule has 0 radical (unpaired) electrons. The minimum absolute atomic E-state index is 0.874. The van der Waals surface area contributed by atoms with Gasteiger partial charge in [-0.2, -0.15) is 0 Å². The Balaban J connectivity index is 1.98. The smallest absolute Gasteiger partial charge is 0.0863 e. The van der Waals surface area contributed by atoms with Gasteiger partial charge in [0.2, 0.25) is 0 Å². The highest BCUT2D eigenvalue weighted by Crippen LogP contribution is 2.09. The van der Waals surface area contributed by atoms with Crippen LogP contribution in [0.2, 0.25) is 20.0 Å². The van der Waals surface area contributed by atoms with Gasteiger partial charge in [0.25, 0.3) is 0 Å². The molecule has 0 fully saturated rings. The second-order valence-electron chi connectivity index (χ2n) is 4.83. The van der Waals surface area contributed by atoms with Crippen LogP contribution in [0.1, 0.15) is 31.2 Å². The lowest BCUT2D eigenvalue weighted by atomic mass is 9.51. The number of benzene rings is 1. The zero-order chi connectivity index (χ0) is 10.9. The van der Waals surface area contributed by atoms with Gasteiger partial charge in [0, 0.05) is 0 Å². The monoisotopic (exact) mass is 202 g/mol. The predicted octanol–water partition coefficient (Wildman–Crippen LogP) is 4.54. The number of unbranched alkanes of at least 4 members (excludes halogenated alkanes) is 3. The average molecular weight is 202 g/mol. The summed E-state index contributed by atoms with van der Waals surface area (Å²) in [7, 11) is 0. The fourth-order valence-corrected chi connectivity index (χ4v) is 1.88. The summed E-state index contributed by atoms with van der Waals surface area (Å²) in [6.07, 6.45) is 8.20. The van der Waals surface area contributed by atoms with Gasteiger partial charge in [0.05, 0.1) is 0 Å². The van der Waals surface area contributed by atoms with Crippen LogP contribution in [0.3, 0.4) is 0 Å². The molecule has 82 valence electrons. The zero-order valence-corrected chi connectivity index (χ0v) is 10.2. The molecule has 1 aromatic carbocycles. The summed E-state index contributed by atoms with van der Waals surface area (Å²) in [5, 5.41) is 0. The van der Waals surface area contributed by atoms with E-state index >= 15 is 0 Å². The van der Waals surface area contributed by atoms with Crippen LogP contribution in [0.5, 0.6) is 0 Å². The van der Waals surface area contributed by atoms with Crippen LogP contribution in [-0.2, 0) is 6.42 Å².